The zero-order chi connectivity index (χ0) is 16.2. The number of methoxy groups -OCH3 is 1. The van der Waals surface area contributed by atoms with E-state index in [0.29, 0.717) is 30.9 Å². The van der Waals surface area contributed by atoms with E-state index in [-0.39, 0.29) is 0 Å². The van der Waals surface area contributed by atoms with Gasteiger partial charge in [-0.3, -0.25) is 9.89 Å². The van der Waals surface area contributed by atoms with Gasteiger partial charge in [0.05, 0.1) is 32.3 Å². The summed E-state index contributed by atoms with van der Waals surface area (Å²) in [4.78, 5) is 22.3. The van der Waals surface area contributed by atoms with Crippen LogP contribution in [0.1, 0.15) is 31.4 Å². The molecule has 1 aromatic rings. The van der Waals surface area contributed by atoms with Gasteiger partial charge in [0.25, 0.3) is 0 Å². The number of hydrogen-bond acceptors (Lipinski definition) is 6. The second-order valence-corrected chi connectivity index (χ2v) is 5.69. The van der Waals surface area contributed by atoms with Crippen molar-refractivity contribution in [3.63, 3.8) is 0 Å². The number of anilines is 1. The summed E-state index contributed by atoms with van der Waals surface area (Å²) in [5, 5.41) is 3.27. The van der Waals surface area contributed by atoms with Gasteiger partial charge in [-0.25, -0.2) is 9.78 Å². The van der Waals surface area contributed by atoms with Gasteiger partial charge >= 0.3 is 6.09 Å². The molecular weight excluding hydrogens is 296 g/mol. The number of amides is 1. The fourth-order valence-electron chi connectivity index (χ4n) is 3.07. The smallest absolute Gasteiger partial charge is 0.415 e. The monoisotopic (exact) mass is 318 g/mol. The van der Waals surface area contributed by atoms with Crippen LogP contribution >= 0.6 is 0 Å². The van der Waals surface area contributed by atoms with E-state index in [1.165, 1.54) is 12.0 Å². The lowest BCUT2D eigenvalue weighted by atomic mass is 9.91. The highest BCUT2D eigenvalue weighted by molar-refractivity contribution is 5.86. The van der Waals surface area contributed by atoms with Crippen LogP contribution in [-0.2, 0) is 4.74 Å². The number of carbonyl (C=O) groups is 1. The van der Waals surface area contributed by atoms with Crippen molar-refractivity contribution in [2.75, 3.05) is 31.7 Å². The van der Waals surface area contributed by atoms with Crippen molar-refractivity contribution >= 4 is 18.2 Å². The summed E-state index contributed by atoms with van der Waals surface area (Å²) in [5.41, 5.74) is 0.921. The molecule has 0 aliphatic carbocycles. The van der Waals surface area contributed by atoms with E-state index >= 15 is 0 Å². The van der Waals surface area contributed by atoms with Gasteiger partial charge in [0.1, 0.15) is 11.6 Å². The number of pyridine rings is 1. The first kappa shape index (κ1) is 15.6. The Morgan fingerprint density at radius 1 is 1.52 bits per heavy atom. The highest BCUT2D eigenvalue weighted by Crippen LogP contribution is 2.36. The van der Waals surface area contributed by atoms with Gasteiger partial charge in [-0.1, -0.05) is 0 Å². The third kappa shape index (κ3) is 3.23. The van der Waals surface area contributed by atoms with Gasteiger partial charge < -0.3 is 14.8 Å². The summed E-state index contributed by atoms with van der Waals surface area (Å²) in [7, 11) is 1.38. The number of ether oxygens (including phenoxy) is 2. The predicted molar refractivity (Wildman–Crippen MR) is 87.4 cm³/mol. The molecule has 0 aromatic carbocycles. The summed E-state index contributed by atoms with van der Waals surface area (Å²) in [6.07, 6.45) is 3.24. The second-order valence-electron chi connectivity index (χ2n) is 5.69. The SMILES string of the molecule is CCN(C(=O)OC)c1ccc2c(n1)C(CC1CN=CN1)CCO2. The maximum absolute atomic E-state index is 11.9. The molecule has 1 amide bonds. The summed E-state index contributed by atoms with van der Waals surface area (Å²) >= 11 is 0. The van der Waals surface area contributed by atoms with Crippen molar-refractivity contribution in [3.05, 3.63) is 17.8 Å². The van der Waals surface area contributed by atoms with Gasteiger partial charge in [-0.15, -0.1) is 0 Å². The van der Waals surface area contributed by atoms with E-state index in [0.717, 1.165) is 30.8 Å². The second kappa shape index (κ2) is 6.85. The average molecular weight is 318 g/mol. The Balaban J connectivity index is 1.84. The third-order valence-electron chi connectivity index (χ3n) is 4.27. The summed E-state index contributed by atoms with van der Waals surface area (Å²) in [6, 6.07) is 4.05. The number of carbonyl (C=O) groups excluding carboxylic acids is 1. The summed E-state index contributed by atoms with van der Waals surface area (Å²) in [5.74, 6) is 1.71. The molecular formula is C16H22N4O3. The first-order chi connectivity index (χ1) is 11.2. The Labute approximate surface area is 135 Å². The molecule has 7 nitrogen and oxygen atoms in total. The van der Waals surface area contributed by atoms with E-state index < -0.39 is 6.09 Å². The Morgan fingerprint density at radius 2 is 2.39 bits per heavy atom. The van der Waals surface area contributed by atoms with Crippen molar-refractivity contribution in [3.8, 4) is 5.75 Å². The van der Waals surface area contributed by atoms with Gasteiger partial charge in [0.2, 0.25) is 0 Å². The van der Waals surface area contributed by atoms with Crippen LogP contribution < -0.4 is 15.0 Å². The van der Waals surface area contributed by atoms with Crippen LogP contribution in [0.15, 0.2) is 17.1 Å². The summed E-state index contributed by atoms with van der Waals surface area (Å²) in [6.45, 7) is 3.89. The normalized spacial score (nSPS) is 22.0. The topological polar surface area (TPSA) is 76.1 Å². The lowest BCUT2D eigenvalue weighted by Gasteiger charge is -2.28. The quantitative estimate of drug-likeness (QED) is 0.918. The molecule has 3 heterocycles. The van der Waals surface area contributed by atoms with E-state index in [1.54, 1.807) is 12.4 Å². The third-order valence-corrected chi connectivity index (χ3v) is 4.27. The van der Waals surface area contributed by atoms with Crippen molar-refractivity contribution in [2.24, 2.45) is 4.99 Å². The molecule has 0 saturated carbocycles. The fourth-order valence-corrected chi connectivity index (χ4v) is 3.07. The van der Waals surface area contributed by atoms with Crippen LogP contribution in [0.2, 0.25) is 0 Å². The largest absolute Gasteiger partial charge is 0.492 e. The number of hydrogen-bond donors (Lipinski definition) is 1. The minimum atomic E-state index is -0.404. The predicted octanol–water partition coefficient (Wildman–Crippen LogP) is 1.93. The number of nitrogens with one attached hydrogen (secondary N) is 1. The standard InChI is InChI=1S/C16H22N4O3/c1-3-20(16(21)22-2)14-5-4-13-15(19-14)11(6-7-23-13)8-12-9-17-10-18-12/h4-5,10-12H,3,6-9H2,1-2H3,(H,17,18). The molecule has 0 saturated heterocycles. The summed E-state index contributed by atoms with van der Waals surface area (Å²) < 4.78 is 10.5. The molecule has 7 heteroatoms. The van der Waals surface area contributed by atoms with Crippen molar-refractivity contribution in [2.45, 2.75) is 31.7 Å². The number of rotatable bonds is 4. The zero-order valence-corrected chi connectivity index (χ0v) is 13.5. The van der Waals surface area contributed by atoms with Crippen molar-refractivity contribution < 1.29 is 14.3 Å². The molecule has 0 bridgehead atoms. The Kier molecular flexibility index (Phi) is 4.64. The van der Waals surface area contributed by atoms with Gasteiger partial charge in [0.15, 0.2) is 0 Å². The number of aromatic nitrogens is 1. The van der Waals surface area contributed by atoms with Gasteiger partial charge in [0, 0.05) is 18.5 Å². The lowest BCUT2D eigenvalue weighted by molar-refractivity contribution is 0.178. The van der Waals surface area contributed by atoms with Crippen LogP contribution in [0.4, 0.5) is 10.6 Å². The number of aliphatic imine (C=N–C) groups is 1. The van der Waals surface area contributed by atoms with Crippen molar-refractivity contribution in [1.29, 1.82) is 0 Å². The lowest BCUT2D eigenvalue weighted by Crippen LogP contribution is -2.32. The van der Waals surface area contributed by atoms with Crippen LogP contribution in [-0.4, -0.2) is 50.3 Å². The highest BCUT2D eigenvalue weighted by atomic mass is 16.5. The fraction of sp³-hybridized carbons (Fsp3) is 0.562. The zero-order valence-electron chi connectivity index (χ0n) is 13.5. The number of nitrogens with zero attached hydrogens (tertiary/aromatic N) is 3. The maximum Gasteiger partial charge on any atom is 0.415 e. The molecule has 23 heavy (non-hydrogen) atoms. The molecule has 0 fully saturated rings. The minimum absolute atomic E-state index is 0.300. The highest BCUT2D eigenvalue weighted by Gasteiger charge is 2.28. The molecule has 0 spiro atoms. The maximum atomic E-state index is 11.9. The Morgan fingerprint density at radius 3 is 3.09 bits per heavy atom. The molecule has 2 aliphatic heterocycles. The Hall–Kier alpha value is -2.31. The Bertz CT molecular complexity index is 597. The molecule has 1 aromatic heterocycles. The van der Waals surface area contributed by atoms with Gasteiger partial charge in [-0.2, -0.15) is 0 Å². The van der Waals surface area contributed by atoms with Crippen LogP contribution in [0, 0.1) is 0 Å². The van der Waals surface area contributed by atoms with Crippen molar-refractivity contribution in [1.82, 2.24) is 10.3 Å². The number of fused-ring (bicyclic) bond motifs is 1. The molecule has 2 atom stereocenters. The van der Waals surface area contributed by atoms with E-state index in [1.807, 2.05) is 13.0 Å². The molecule has 1 N–H and O–H groups in total. The van der Waals surface area contributed by atoms with Crippen LogP contribution in [0.25, 0.3) is 0 Å². The minimum Gasteiger partial charge on any atom is -0.492 e. The molecule has 2 unspecified atom stereocenters. The van der Waals surface area contributed by atoms with Gasteiger partial charge in [-0.05, 0) is 31.9 Å². The van der Waals surface area contributed by atoms with E-state index in [2.05, 4.69) is 10.3 Å². The van der Waals surface area contributed by atoms with E-state index in [4.69, 9.17) is 14.5 Å². The first-order valence-corrected chi connectivity index (χ1v) is 7.96. The van der Waals surface area contributed by atoms with Crippen LogP contribution in [0.5, 0.6) is 5.75 Å². The molecule has 2 aliphatic rings. The molecule has 3 rings (SSSR count). The van der Waals surface area contributed by atoms with E-state index in [9.17, 15) is 4.79 Å². The molecule has 0 radical (unpaired) electrons. The average Bonchev–Trinajstić information content (AvgIpc) is 3.09. The molecule has 124 valence electrons. The van der Waals surface area contributed by atoms with Crippen LogP contribution in [0.3, 0.4) is 0 Å². The first-order valence-electron chi connectivity index (χ1n) is 7.96.